The Morgan fingerprint density at radius 3 is 2.33 bits per heavy atom. The third-order valence-electron chi connectivity index (χ3n) is 3.42. The second-order valence-electron chi connectivity index (χ2n) is 5.30. The lowest BCUT2D eigenvalue weighted by atomic mass is 9.94. The van der Waals surface area contributed by atoms with Crippen LogP contribution in [-0.2, 0) is 12.7 Å². The van der Waals surface area contributed by atoms with E-state index in [4.69, 9.17) is 15.2 Å². The molecule has 0 unspecified atom stereocenters. The Bertz CT molecular complexity index is 660. The van der Waals surface area contributed by atoms with Crippen molar-refractivity contribution in [1.29, 1.82) is 0 Å². The average molecular weight is 293 g/mol. The monoisotopic (exact) mass is 293 g/mol. The Balaban J connectivity index is 2.72. The Kier molecular flexibility index (Phi) is 3.80. The molecule has 6 heteroatoms. The molecule has 1 aromatic heterocycles. The Hall–Kier alpha value is -2.24. The molecule has 1 heterocycles. The molecule has 21 heavy (non-hydrogen) atoms. The highest BCUT2D eigenvalue weighted by Gasteiger charge is 2.27. The normalized spacial score (nSPS) is 11.5. The van der Waals surface area contributed by atoms with E-state index in [1.54, 1.807) is 30.1 Å². The predicted molar refractivity (Wildman–Crippen MR) is 80.3 cm³/mol. The van der Waals surface area contributed by atoms with Gasteiger partial charge in [0.2, 0.25) is 0 Å². The minimum atomic E-state index is -1.58. The summed E-state index contributed by atoms with van der Waals surface area (Å²) in [6.45, 7) is 2.95. The minimum Gasteiger partial charge on any atom is -0.493 e. The van der Waals surface area contributed by atoms with E-state index in [-0.39, 0.29) is 0 Å². The fourth-order valence-electron chi connectivity index (χ4n) is 2.23. The van der Waals surface area contributed by atoms with Gasteiger partial charge in [-0.25, -0.2) is 4.39 Å². The highest BCUT2D eigenvalue weighted by Crippen LogP contribution is 2.43. The van der Waals surface area contributed by atoms with E-state index in [0.717, 1.165) is 11.1 Å². The first-order valence-corrected chi connectivity index (χ1v) is 6.52. The van der Waals surface area contributed by atoms with Gasteiger partial charge in [-0.3, -0.25) is 4.68 Å². The first kappa shape index (κ1) is 15.2. The molecule has 2 rings (SSSR count). The number of halogens is 1. The number of nitrogens with two attached hydrogens (primary N) is 1. The molecule has 1 aromatic carbocycles. The van der Waals surface area contributed by atoms with E-state index in [2.05, 4.69) is 5.10 Å². The molecule has 0 atom stereocenters. The van der Waals surface area contributed by atoms with E-state index in [9.17, 15) is 4.39 Å². The molecule has 0 bridgehead atoms. The standard InChI is InChI=1S/C15H20FN3O2/c1-15(2,16)11-6-9(7-12(20-4)13(11)21-5)10-8-18-19(3)14(10)17/h6-8H,17H2,1-5H3. The van der Waals surface area contributed by atoms with Crippen LogP contribution in [0.15, 0.2) is 18.3 Å². The number of ether oxygens (including phenoxy) is 2. The number of aryl methyl sites for hydroxylation is 1. The number of rotatable bonds is 4. The third-order valence-corrected chi connectivity index (χ3v) is 3.42. The maximum atomic E-state index is 14.5. The Morgan fingerprint density at radius 2 is 1.90 bits per heavy atom. The summed E-state index contributed by atoms with van der Waals surface area (Å²) >= 11 is 0. The van der Waals surface area contributed by atoms with Crippen molar-refractivity contribution in [2.75, 3.05) is 20.0 Å². The number of hydrogen-bond donors (Lipinski definition) is 1. The van der Waals surface area contributed by atoms with Gasteiger partial charge in [-0.15, -0.1) is 0 Å². The number of anilines is 1. The van der Waals surface area contributed by atoms with Crippen LogP contribution in [0.3, 0.4) is 0 Å². The number of hydrogen-bond acceptors (Lipinski definition) is 4. The molecule has 0 fully saturated rings. The molecular formula is C15H20FN3O2. The lowest BCUT2D eigenvalue weighted by molar-refractivity contribution is 0.211. The van der Waals surface area contributed by atoms with Crippen LogP contribution in [0, 0.1) is 0 Å². The predicted octanol–water partition coefficient (Wildman–Crippen LogP) is 2.89. The van der Waals surface area contributed by atoms with Gasteiger partial charge in [-0.05, 0) is 31.5 Å². The van der Waals surface area contributed by atoms with Gasteiger partial charge in [-0.2, -0.15) is 5.10 Å². The lowest BCUT2D eigenvalue weighted by Crippen LogP contribution is -2.12. The van der Waals surface area contributed by atoms with Crippen LogP contribution < -0.4 is 15.2 Å². The highest BCUT2D eigenvalue weighted by atomic mass is 19.1. The van der Waals surface area contributed by atoms with E-state index in [0.29, 0.717) is 22.9 Å². The first-order valence-electron chi connectivity index (χ1n) is 6.52. The molecule has 0 aliphatic heterocycles. The molecule has 0 saturated carbocycles. The molecule has 0 spiro atoms. The summed E-state index contributed by atoms with van der Waals surface area (Å²) in [4.78, 5) is 0. The fraction of sp³-hybridized carbons (Fsp3) is 0.400. The lowest BCUT2D eigenvalue weighted by Gasteiger charge is -2.21. The van der Waals surface area contributed by atoms with Gasteiger partial charge >= 0.3 is 0 Å². The van der Waals surface area contributed by atoms with Crippen molar-refractivity contribution in [3.05, 3.63) is 23.9 Å². The van der Waals surface area contributed by atoms with Crippen LogP contribution in [0.2, 0.25) is 0 Å². The molecule has 0 amide bonds. The summed E-state index contributed by atoms with van der Waals surface area (Å²) in [5.74, 6) is 1.35. The zero-order chi connectivity index (χ0) is 15.8. The van der Waals surface area contributed by atoms with Gasteiger partial charge in [0.25, 0.3) is 0 Å². The summed E-state index contributed by atoms with van der Waals surface area (Å²) in [5, 5.41) is 4.11. The summed E-state index contributed by atoms with van der Waals surface area (Å²) in [6.07, 6.45) is 1.64. The van der Waals surface area contributed by atoms with Gasteiger partial charge in [0.05, 0.1) is 20.4 Å². The molecule has 5 nitrogen and oxygen atoms in total. The molecule has 0 aliphatic rings. The van der Waals surface area contributed by atoms with E-state index < -0.39 is 5.67 Å². The largest absolute Gasteiger partial charge is 0.493 e. The summed E-state index contributed by atoms with van der Waals surface area (Å²) in [5.41, 5.74) is 6.28. The van der Waals surface area contributed by atoms with Crippen molar-refractivity contribution >= 4 is 5.82 Å². The zero-order valence-electron chi connectivity index (χ0n) is 12.9. The van der Waals surface area contributed by atoms with Crippen LogP contribution in [0.4, 0.5) is 10.2 Å². The molecule has 0 radical (unpaired) electrons. The van der Waals surface area contributed by atoms with E-state index >= 15 is 0 Å². The fourth-order valence-corrected chi connectivity index (χ4v) is 2.23. The van der Waals surface area contributed by atoms with Crippen molar-refractivity contribution < 1.29 is 13.9 Å². The second-order valence-corrected chi connectivity index (χ2v) is 5.30. The average Bonchev–Trinajstić information content (AvgIpc) is 2.76. The van der Waals surface area contributed by atoms with Crippen LogP contribution in [0.25, 0.3) is 11.1 Å². The topological polar surface area (TPSA) is 62.3 Å². The summed E-state index contributed by atoms with van der Waals surface area (Å²) in [7, 11) is 4.76. The number of aromatic nitrogens is 2. The number of methoxy groups -OCH3 is 2. The van der Waals surface area contributed by atoms with Crippen LogP contribution in [0.5, 0.6) is 11.5 Å². The summed E-state index contributed by atoms with van der Waals surface area (Å²) < 4.78 is 26.7. The van der Waals surface area contributed by atoms with Gasteiger partial charge in [0.15, 0.2) is 11.5 Å². The van der Waals surface area contributed by atoms with Crippen molar-refractivity contribution in [1.82, 2.24) is 9.78 Å². The number of benzene rings is 1. The molecule has 2 N–H and O–H groups in total. The van der Waals surface area contributed by atoms with Crippen molar-refractivity contribution in [3.8, 4) is 22.6 Å². The molecular weight excluding hydrogens is 273 g/mol. The van der Waals surface area contributed by atoms with Crippen LogP contribution in [-0.4, -0.2) is 24.0 Å². The van der Waals surface area contributed by atoms with Gasteiger partial charge in [0.1, 0.15) is 11.5 Å². The van der Waals surface area contributed by atoms with Crippen LogP contribution >= 0.6 is 0 Å². The first-order chi connectivity index (χ1) is 9.79. The van der Waals surface area contributed by atoms with Gasteiger partial charge in [0, 0.05) is 18.2 Å². The second kappa shape index (κ2) is 5.27. The number of nitrogen functional groups attached to an aromatic ring is 1. The van der Waals surface area contributed by atoms with E-state index in [1.165, 1.54) is 28.1 Å². The molecule has 0 saturated heterocycles. The minimum absolute atomic E-state index is 0.385. The molecule has 114 valence electrons. The van der Waals surface area contributed by atoms with Gasteiger partial charge in [-0.1, -0.05) is 0 Å². The third kappa shape index (κ3) is 2.66. The number of nitrogens with zero attached hydrogens (tertiary/aromatic N) is 2. The van der Waals surface area contributed by atoms with Crippen molar-refractivity contribution in [2.45, 2.75) is 19.5 Å². The molecule has 2 aromatic rings. The quantitative estimate of drug-likeness (QED) is 0.941. The maximum absolute atomic E-state index is 14.5. The van der Waals surface area contributed by atoms with Crippen molar-refractivity contribution in [2.24, 2.45) is 7.05 Å². The van der Waals surface area contributed by atoms with E-state index in [1.807, 2.05) is 0 Å². The van der Waals surface area contributed by atoms with Gasteiger partial charge < -0.3 is 15.2 Å². The Labute approximate surface area is 123 Å². The maximum Gasteiger partial charge on any atom is 0.167 e. The highest BCUT2D eigenvalue weighted by molar-refractivity contribution is 5.77. The number of alkyl halides is 1. The Morgan fingerprint density at radius 1 is 1.24 bits per heavy atom. The SMILES string of the molecule is COc1cc(-c2cnn(C)c2N)cc(C(C)(C)F)c1OC. The smallest absolute Gasteiger partial charge is 0.167 e. The molecule has 0 aliphatic carbocycles. The van der Waals surface area contributed by atoms with Crippen molar-refractivity contribution in [3.63, 3.8) is 0 Å². The summed E-state index contributed by atoms with van der Waals surface area (Å²) in [6, 6.07) is 3.48. The van der Waals surface area contributed by atoms with Crippen LogP contribution in [0.1, 0.15) is 19.4 Å². The zero-order valence-corrected chi connectivity index (χ0v) is 12.9.